The van der Waals surface area contributed by atoms with Gasteiger partial charge in [0.25, 0.3) is 5.92 Å². The van der Waals surface area contributed by atoms with Gasteiger partial charge in [-0.25, -0.2) is 23.7 Å². The summed E-state index contributed by atoms with van der Waals surface area (Å²) >= 11 is 0. The highest BCUT2D eigenvalue weighted by Crippen LogP contribution is 2.25. The van der Waals surface area contributed by atoms with Crippen molar-refractivity contribution in [3.8, 4) is 11.3 Å². The highest BCUT2D eigenvalue weighted by molar-refractivity contribution is 5.85. The van der Waals surface area contributed by atoms with Crippen molar-refractivity contribution < 1.29 is 18.0 Å². The van der Waals surface area contributed by atoms with Gasteiger partial charge in [-0.2, -0.15) is 0 Å². The molecule has 3 heterocycles. The first-order chi connectivity index (χ1) is 13.9. The molecule has 3 aromatic rings. The molecule has 0 spiro atoms. The van der Waals surface area contributed by atoms with Crippen LogP contribution in [0.3, 0.4) is 0 Å². The lowest BCUT2D eigenvalue weighted by Crippen LogP contribution is -2.42. The van der Waals surface area contributed by atoms with E-state index in [1.165, 1.54) is 6.39 Å². The van der Waals surface area contributed by atoms with Gasteiger partial charge in [-0.3, -0.25) is 9.69 Å². The van der Waals surface area contributed by atoms with Gasteiger partial charge in [-0.15, -0.1) is 0 Å². The van der Waals surface area contributed by atoms with Crippen molar-refractivity contribution in [1.29, 1.82) is 0 Å². The second-order valence-electron chi connectivity index (χ2n) is 7.69. The van der Waals surface area contributed by atoms with E-state index in [1.807, 2.05) is 18.2 Å². The zero-order valence-electron chi connectivity index (χ0n) is 16.1. The van der Waals surface area contributed by atoms with Crippen LogP contribution in [0.25, 0.3) is 22.2 Å². The summed E-state index contributed by atoms with van der Waals surface area (Å²) in [5.74, 6) is -1.65. The molecule has 29 heavy (non-hydrogen) atoms. The summed E-state index contributed by atoms with van der Waals surface area (Å²) in [5, 5.41) is 0.873. The fourth-order valence-corrected chi connectivity index (χ4v) is 3.76. The number of aromatic nitrogens is 3. The van der Waals surface area contributed by atoms with E-state index in [4.69, 9.17) is 4.42 Å². The number of oxazole rings is 1. The summed E-state index contributed by atoms with van der Waals surface area (Å²) in [5.41, 5.74) is 1.59. The van der Waals surface area contributed by atoms with Gasteiger partial charge in [-0.1, -0.05) is 12.1 Å². The molecule has 0 atom stereocenters. The number of benzene rings is 1. The number of hydrogen-bond donors (Lipinski definition) is 0. The Morgan fingerprint density at radius 2 is 2.07 bits per heavy atom. The maximum absolute atomic E-state index is 13.2. The van der Waals surface area contributed by atoms with Gasteiger partial charge >= 0.3 is 0 Å². The monoisotopic (exact) mass is 400 g/mol. The number of piperidine rings is 1. The maximum Gasteiger partial charge on any atom is 0.257 e. The molecule has 0 bridgehead atoms. The van der Waals surface area contributed by atoms with Crippen molar-refractivity contribution in [1.82, 2.24) is 19.9 Å². The number of hydrogen-bond acceptors (Lipinski definition) is 6. The Kier molecular flexibility index (Phi) is 5.36. The number of likely N-dealkylation sites (tertiary alicyclic amines) is 1. The van der Waals surface area contributed by atoms with Crippen molar-refractivity contribution in [3.63, 3.8) is 0 Å². The predicted octanol–water partition coefficient (Wildman–Crippen LogP) is 3.76. The Hall–Kier alpha value is -2.74. The molecule has 6 nitrogen and oxygen atoms in total. The van der Waals surface area contributed by atoms with Gasteiger partial charge in [0.1, 0.15) is 11.6 Å². The number of ketones is 1. The first-order valence-corrected chi connectivity index (χ1v) is 9.65. The van der Waals surface area contributed by atoms with Crippen LogP contribution in [0.4, 0.5) is 8.78 Å². The third kappa shape index (κ3) is 4.82. The molecule has 152 valence electrons. The van der Waals surface area contributed by atoms with Crippen molar-refractivity contribution in [2.75, 3.05) is 19.6 Å². The van der Waals surface area contributed by atoms with Crippen molar-refractivity contribution in [2.45, 2.75) is 32.1 Å². The smallest absolute Gasteiger partial charge is 0.257 e. The molecule has 4 rings (SSSR count). The van der Waals surface area contributed by atoms with Crippen LogP contribution in [0.15, 0.2) is 41.4 Å². The minimum Gasteiger partial charge on any atom is -0.444 e. The second kappa shape index (κ2) is 7.94. The van der Waals surface area contributed by atoms with Gasteiger partial charge in [0.15, 0.2) is 12.2 Å². The standard InChI is InChI=1S/C21H22F2N4O2/c1-21(22,23)12-27-6-4-14(5-7-27)18(28)9-20-25-10-16-3-2-15(8-17(16)26-20)19-11-24-13-29-19/h2-3,8,10-11,13-14H,4-7,9,12H2,1H3. The van der Waals surface area contributed by atoms with E-state index in [1.54, 1.807) is 17.3 Å². The van der Waals surface area contributed by atoms with Crippen LogP contribution in [0.1, 0.15) is 25.6 Å². The number of fused-ring (bicyclic) bond motifs is 1. The van der Waals surface area contributed by atoms with Gasteiger partial charge in [-0.05, 0) is 32.0 Å². The van der Waals surface area contributed by atoms with Crippen LogP contribution in [0, 0.1) is 5.92 Å². The van der Waals surface area contributed by atoms with Crippen molar-refractivity contribution in [3.05, 3.63) is 42.8 Å². The molecule has 0 radical (unpaired) electrons. The van der Waals surface area contributed by atoms with Gasteiger partial charge < -0.3 is 4.42 Å². The molecular formula is C21H22F2N4O2. The molecule has 0 aliphatic carbocycles. The van der Waals surface area contributed by atoms with E-state index >= 15 is 0 Å². The zero-order valence-corrected chi connectivity index (χ0v) is 16.1. The Bertz CT molecular complexity index is 994. The lowest BCUT2D eigenvalue weighted by atomic mass is 9.90. The van der Waals surface area contributed by atoms with Crippen molar-refractivity contribution in [2.24, 2.45) is 5.92 Å². The van der Waals surface area contributed by atoms with Gasteiger partial charge in [0.05, 0.1) is 24.7 Å². The van der Waals surface area contributed by atoms with E-state index < -0.39 is 5.92 Å². The van der Waals surface area contributed by atoms with Crippen molar-refractivity contribution >= 4 is 16.7 Å². The molecule has 0 unspecified atom stereocenters. The summed E-state index contributed by atoms with van der Waals surface area (Å²) in [6, 6.07) is 5.69. The Morgan fingerprint density at radius 1 is 1.28 bits per heavy atom. The Labute approximate surface area is 167 Å². The molecule has 1 saturated heterocycles. The average molecular weight is 400 g/mol. The molecule has 1 fully saturated rings. The summed E-state index contributed by atoms with van der Waals surface area (Å²) < 4.78 is 31.6. The van der Waals surface area contributed by atoms with E-state index in [0.29, 0.717) is 37.5 Å². The zero-order chi connectivity index (χ0) is 20.4. The SMILES string of the molecule is CC(F)(F)CN1CCC(C(=O)Cc2ncc3ccc(-c4cnco4)cc3n2)CC1. The first kappa shape index (κ1) is 19.6. The topological polar surface area (TPSA) is 72.1 Å². The van der Waals surface area contributed by atoms with Gasteiger partial charge in [0, 0.05) is 30.0 Å². The number of nitrogens with zero attached hydrogens (tertiary/aromatic N) is 4. The third-order valence-electron chi connectivity index (χ3n) is 5.23. The minimum atomic E-state index is -2.71. The minimum absolute atomic E-state index is 0.0682. The molecular weight excluding hydrogens is 378 g/mol. The molecule has 2 aromatic heterocycles. The molecule has 1 aliphatic rings. The summed E-state index contributed by atoms with van der Waals surface area (Å²) in [6.45, 7) is 1.70. The molecule has 0 amide bonds. The second-order valence-corrected chi connectivity index (χ2v) is 7.69. The highest BCUT2D eigenvalue weighted by atomic mass is 19.3. The van der Waals surface area contributed by atoms with E-state index in [9.17, 15) is 13.6 Å². The van der Waals surface area contributed by atoms with E-state index in [0.717, 1.165) is 23.4 Å². The molecule has 8 heteroatoms. The van der Waals surface area contributed by atoms with Crippen LogP contribution >= 0.6 is 0 Å². The van der Waals surface area contributed by atoms with E-state index in [-0.39, 0.29) is 24.7 Å². The number of rotatable bonds is 6. The highest BCUT2D eigenvalue weighted by Gasteiger charge is 2.30. The first-order valence-electron chi connectivity index (χ1n) is 9.65. The molecule has 1 aliphatic heterocycles. The Balaban J connectivity index is 1.42. The fraction of sp³-hybridized carbons (Fsp3) is 0.429. The van der Waals surface area contributed by atoms with E-state index in [2.05, 4.69) is 15.0 Å². The van der Waals surface area contributed by atoms with Crippen LogP contribution in [-0.2, 0) is 11.2 Å². The van der Waals surface area contributed by atoms with Crippen LogP contribution < -0.4 is 0 Å². The van der Waals surface area contributed by atoms with Crippen LogP contribution in [-0.4, -0.2) is 51.2 Å². The van der Waals surface area contributed by atoms with Gasteiger partial charge in [0.2, 0.25) is 0 Å². The van der Waals surface area contributed by atoms with Crippen LogP contribution in [0.5, 0.6) is 0 Å². The predicted molar refractivity (Wildman–Crippen MR) is 104 cm³/mol. The quantitative estimate of drug-likeness (QED) is 0.627. The average Bonchev–Trinajstić information content (AvgIpc) is 3.21. The molecule has 0 N–H and O–H groups in total. The molecule has 1 aromatic carbocycles. The number of carbonyl (C=O) groups excluding carboxylic acids is 1. The lowest BCUT2D eigenvalue weighted by Gasteiger charge is -2.32. The number of halogens is 2. The largest absolute Gasteiger partial charge is 0.444 e. The maximum atomic E-state index is 13.2. The lowest BCUT2D eigenvalue weighted by molar-refractivity contribution is -0.124. The fourth-order valence-electron chi connectivity index (χ4n) is 3.76. The third-order valence-corrected chi connectivity index (χ3v) is 5.23. The number of carbonyl (C=O) groups is 1. The summed E-state index contributed by atoms with van der Waals surface area (Å²) in [4.78, 5) is 27.2. The summed E-state index contributed by atoms with van der Waals surface area (Å²) in [7, 11) is 0. The summed E-state index contributed by atoms with van der Waals surface area (Å²) in [6.07, 6.45) is 6.05. The number of Topliss-reactive ketones (excluding diaryl/α,β-unsaturated/α-hetero) is 1. The molecule has 0 saturated carbocycles. The van der Waals surface area contributed by atoms with Crippen LogP contribution in [0.2, 0.25) is 0 Å². The Morgan fingerprint density at radius 3 is 2.76 bits per heavy atom. The number of alkyl halides is 2. The normalized spacial score (nSPS) is 16.4.